The zero-order valence-electron chi connectivity index (χ0n) is 24.3. The lowest BCUT2D eigenvalue weighted by Gasteiger charge is -2.27. The van der Waals surface area contributed by atoms with Crippen LogP contribution in [0.1, 0.15) is 62.5 Å². The maximum absolute atomic E-state index is 15.2. The van der Waals surface area contributed by atoms with Gasteiger partial charge in [0.05, 0.1) is 0 Å². The molecule has 1 saturated carbocycles. The normalized spacial score (nSPS) is 17.2. The van der Waals surface area contributed by atoms with E-state index in [1.807, 2.05) is 24.3 Å². The van der Waals surface area contributed by atoms with Gasteiger partial charge in [-0.1, -0.05) is 73.5 Å². The van der Waals surface area contributed by atoms with Crippen LogP contribution >= 0.6 is 11.6 Å². The highest BCUT2D eigenvalue weighted by Crippen LogP contribution is 2.40. The molecule has 1 fully saturated rings. The van der Waals surface area contributed by atoms with Crippen LogP contribution in [0, 0.1) is 35.0 Å². The van der Waals surface area contributed by atoms with Crippen molar-refractivity contribution in [3.8, 4) is 28.0 Å². The first-order valence-electron chi connectivity index (χ1n) is 14.7. The molecule has 1 aliphatic carbocycles. The van der Waals surface area contributed by atoms with Crippen LogP contribution in [-0.2, 0) is 6.11 Å². The van der Waals surface area contributed by atoms with Crippen molar-refractivity contribution in [2.45, 2.75) is 57.5 Å². The number of hydrogen-bond donors (Lipinski definition) is 0. The highest BCUT2D eigenvalue weighted by Gasteiger charge is 2.41. The molecule has 5 rings (SSSR count). The minimum absolute atomic E-state index is 0.212. The zero-order chi connectivity index (χ0) is 32.3. The van der Waals surface area contributed by atoms with Crippen molar-refractivity contribution in [2.24, 2.45) is 5.92 Å². The van der Waals surface area contributed by atoms with Crippen LogP contribution in [0.5, 0.6) is 5.75 Å². The summed E-state index contributed by atoms with van der Waals surface area (Å²) < 4.78 is 106. The molecule has 0 aliphatic heterocycles. The first-order valence-corrected chi connectivity index (χ1v) is 15.1. The average molecular weight is 647 g/mol. The van der Waals surface area contributed by atoms with Crippen LogP contribution in [0.15, 0.2) is 78.9 Å². The highest BCUT2D eigenvalue weighted by atomic mass is 35.5. The Labute approximate surface area is 262 Å². The number of benzene rings is 4. The Morgan fingerprint density at radius 3 is 1.89 bits per heavy atom. The minimum Gasteiger partial charge on any atom is -0.429 e. The van der Waals surface area contributed by atoms with Crippen molar-refractivity contribution in [2.75, 3.05) is 0 Å². The quantitative estimate of drug-likeness (QED) is 0.0999. The summed E-state index contributed by atoms with van der Waals surface area (Å²) in [4.78, 5) is 0. The summed E-state index contributed by atoms with van der Waals surface area (Å²) in [6.07, 6.45) is 6.71. The largest absolute Gasteiger partial charge is 0.432 e. The lowest BCUT2D eigenvalue weighted by atomic mass is 9.78. The van der Waals surface area contributed by atoms with Gasteiger partial charge < -0.3 is 4.74 Å². The molecule has 0 N–H and O–H groups in total. The van der Waals surface area contributed by atoms with E-state index in [1.54, 1.807) is 6.07 Å². The SMILES string of the molecule is CCCC=CC1CCC(c2ccc(-c3ccc(-c4cc(F)c(C(F)(F)Oc5cc(F)c(Cl)c(F)c5)c(F)c4)c(F)c3)cc2)CC1. The lowest BCUT2D eigenvalue weighted by molar-refractivity contribution is -0.189. The molecular formula is C36H30ClF7O. The first-order chi connectivity index (χ1) is 21.5. The second-order valence-corrected chi connectivity index (χ2v) is 11.7. The summed E-state index contributed by atoms with van der Waals surface area (Å²) in [5.41, 5.74) is 0.168. The Morgan fingerprint density at radius 2 is 1.31 bits per heavy atom. The molecule has 4 aromatic rings. The van der Waals surface area contributed by atoms with Crippen LogP contribution < -0.4 is 4.74 Å². The van der Waals surface area contributed by atoms with Crippen molar-refractivity contribution < 1.29 is 35.5 Å². The molecule has 0 radical (unpaired) electrons. The molecule has 0 bridgehead atoms. The van der Waals surface area contributed by atoms with Crippen LogP contribution in [0.3, 0.4) is 0 Å². The van der Waals surface area contributed by atoms with Gasteiger partial charge in [-0.05, 0) is 84.4 Å². The molecule has 236 valence electrons. The average Bonchev–Trinajstić information content (AvgIpc) is 2.99. The van der Waals surface area contributed by atoms with E-state index in [9.17, 15) is 26.3 Å². The summed E-state index contributed by atoms with van der Waals surface area (Å²) in [7, 11) is 0. The van der Waals surface area contributed by atoms with Gasteiger partial charge in [0.15, 0.2) is 0 Å². The molecule has 9 heteroatoms. The zero-order valence-corrected chi connectivity index (χ0v) is 25.1. The van der Waals surface area contributed by atoms with Crippen LogP contribution in [0.2, 0.25) is 5.02 Å². The Morgan fingerprint density at radius 1 is 0.733 bits per heavy atom. The summed E-state index contributed by atoms with van der Waals surface area (Å²) in [5, 5.41) is -0.957. The van der Waals surface area contributed by atoms with E-state index in [-0.39, 0.29) is 11.1 Å². The third-order valence-corrected chi connectivity index (χ3v) is 8.53. The fourth-order valence-corrected chi connectivity index (χ4v) is 5.88. The van der Waals surface area contributed by atoms with E-state index in [0.717, 1.165) is 44.1 Å². The van der Waals surface area contributed by atoms with Gasteiger partial charge in [0, 0.05) is 17.7 Å². The van der Waals surface area contributed by atoms with Crippen molar-refractivity contribution in [3.63, 3.8) is 0 Å². The molecule has 1 aliphatic rings. The molecule has 0 spiro atoms. The fourth-order valence-electron chi connectivity index (χ4n) is 5.77. The van der Waals surface area contributed by atoms with Crippen LogP contribution in [0.25, 0.3) is 22.3 Å². The smallest absolute Gasteiger partial charge is 0.429 e. The van der Waals surface area contributed by atoms with E-state index >= 15 is 4.39 Å². The number of allylic oxidation sites excluding steroid dienone is 2. The third-order valence-electron chi connectivity index (χ3n) is 8.17. The molecule has 0 amide bonds. The van der Waals surface area contributed by atoms with Gasteiger partial charge in [-0.25, -0.2) is 22.0 Å². The Kier molecular flexibility index (Phi) is 9.92. The fraction of sp³-hybridized carbons (Fsp3) is 0.278. The van der Waals surface area contributed by atoms with Gasteiger partial charge in [0.2, 0.25) is 0 Å². The predicted octanol–water partition coefficient (Wildman–Crippen LogP) is 12.1. The topological polar surface area (TPSA) is 9.23 Å². The maximum Gasteiger partial charge on any atom is 0.432 e. The van der Waals surface area contributed by atoms with Crippen LogP contribution in [0.4, 0.5) is 30.7 Å². The van der Waals surface area contributed by atoms with Crippen molar-refractivity contribution in [1.29, 1.82) is 0 Å². The number of alkyl halides is 2. The standard InChI is InChI=1S/C36H30ClF7O/c1-2-3-4-5-21-6-8-22(9-7-21)23-10-12-24(13-11-23)25-14-15-28(29(38)16-25)26-17-30(39)34(31(40)18-26)36(43,44)45-27-19-32(41)35(37)33(42)20-27/h4-5,10-22H,2-3,6-9H2,1H3. The number of halogens is 8. The Bertz CT molecular complexity index is 1650. The number of ether oxygens (including phenoxy) is 1. The molecule has 4 aromatic carbocycles. The number of unbranched alkanes of at least 4 members (excludes halogenated alkanes) is 1. The van der Waals surface area contributed by atoms with Crippen molar-refractivity contribution in [1.82, 2.24) is 0 Å². The van der Waals surface area contributed by atoms with E-state index in [2.05, 4.69) is 23.8 Å². The van der Waals surface area contributed by atoms with Crippen molar-refractivity contribution in [3.05, 3.63) is 124 Å². The second-order valence-electron chi connectivity index (χ2n) is 11.3. The summed E-state index contributed by atoms with van der Waals surface area (Å²) >= 11 is 5.33. The molecule has 0 saturated heterocycles. The molecule has 0 aromatic heterocycles. The molecule has 45 heavy (non-hydrogen) atoms. The van der Waals surface area contributed by atoms with Gasteiger partial charge in [-0.15, -0.1) is 0 Å². The molecule has 0 atom stereocenters. The second kappa shape index (κ2) is 13.7. The van der Waals surface area contributed by atoms with Gasteiger partial charge in [-0.3, -0.25) is 0 Å². The summed E-state index contributed by atoms with van der Waals surface area (Å²) in [6, 6.07) is 13.8. The van der Waals surface area contributed by atoms with E-state index in [1.165, 1.54) is 17.7 Å². The van der Waals surface area contributed by atoms with Gasteiger partial charge in [-0.2, -0.15) is 8.78 Å². The Balaban J connectivity index is 1.31. The molecule has 0 unspecified atom stereocenters. The van der Waals surface area contributed by atoms with E-state index in [0.29, 0.717) is 41.7 Å². The number of hydrogen-bond acceptors (Lipinski definition) is 1. The number of rotatable bonds is 9. The van der Waals surface area contributed by atoms with E-state index < -0.39 is 51.5 Å². The maximum atomic E-state index is 15.2. The summed E-state index contributed by atoms with van der Waals surface area (Å²) in [5.74, 6) is -7.04. The van der Waals surface area contributed by atoms with Crippen molar-refractivity contribution >= 4 is 11.6 Å². The van der Waals surface area contributed by atoms with Gasteiger partial charge in [0.25, 0.3) is 0 Å². The molecule has 0 heterocycles. The lowest BCUT2D eigenvalue weighted by Crippen LogP contribution is -2.25. The third kappa shape index (κ3) is 7.38. The summed E-state index contributed by atoms with van der Waals surface area (Å²) in [6.45, 7) is 2.17. The predicted molar refractivity (Wildman–Crippen MR) is 162 cm³/mol. The molecule has 1 nitrogen and oxygen atoms in total. The Hall–Kier alpha value is -3.78. The van der Waals surface area contributed by atoms with Gasteiger partial charge >= 0.3 is 6.11 Å². The minimum atomic E-state index is -4.67. The van der Waals surface area contributed by atoms with E-state index in [4.69, 9.17) is 11.6 Å². The monoisotopic (exact) mass is 646 g/mol. The first kappa shape index (κ1) is 32.6. The molecular weight excluding hydrogens is 617 g/mol. The van der Waals surface area contributed by atoms with Gasteiger partial charge in [0.1, 0.15) is 45.4 Å². The highest BCUT2D eigenvalue weighted by molar-refractivity contribution is 6.30. The van der Waals surface area contributed by atoms with Crippen LogP contribution in [-0.4, -0.2) is 0 Å².